The summed E-state index contributed by atoms with van der Waals surface area (Å²) in [6, 6.07) is 6.35. The normalized spacial score (nSPS) is 17.9. The molecule has 1 unspecified atom stereocenters. The Morgan fingerprint density at radius 3 is 2.50 bits per heavy atom. The molecule has 2 rings (SSSR count). The molecule has 1 aliphatic rings. The maximum Gasteiger partial charge on any atom is 0.261 e. The average molecular weight is 352 g/mol. The number of allylic oxidation sites excluding steroid dienone is 1. The van der Waals surface area contributed by atoms with E-state index >= 15 is 0 Å². The third-order valence-electron chi connectivity index (χ3n) is 4.14. The lowest BCUT2D eigenvalue weighted by Gasteiger charge is -2.31. The van der Waals surface area contributed by atoms with Gasteiger partial charge in [0.05, 0.1) is 18.6 Å². The molecule has 1 aliphatic carbocycles. The Bertz CT molecular complexity index is 698. The molecule has 132 valence electrons. The van der Waals surface area contributed by atoms with Gasteiger partial charge in [-0.2, -0.15) is 4.31 Å². The Labute approximate surface area is 143 Å². The first-order chi connectivity index (χ1) is 11.4. The zero-order valence-corrected chi connectivity index (χ0v) is 15.1. The number of benzene rings is 1. The Hall–Kier alpha value is -1.70. The van der Waals surface area contributed by atoms with E-state index in [9.17, 15) is 13.2 Å². The Morgan fingerprint density at radius 1 is 1.29 bits per heavy atom. The van der Waals surface area contributed by atoms with Gasteiger partial charge in [0.2, 0.25) is 10.0 Å². The number of sulfonamides is 1. The molecule has 0 spiro atoms. The summed E-state index contributed by atoms with van der Waals surface area (Å²) in [6.07, 6.45) is 6.37. The van der Waals surface area contributed by atoms with E-state index in [0.29, 0.717) is 6.42 Å². The van der Waals surface area contributed by atoms with Gasteiger partial charge in [-0.1, -0.05) is 29.8 Å². The lowest BCUT2D eigenvalue weighted by atomic mass is 10.0. The monoisotopic (exact) mass is 352 g/mol. The molecule has 0 saturated carbocycles. The van der Waals surface area contributed by atoms with Gasteiger partial charge < -0.3 is 0 Å². The predicted octanol–water partition coefficient (Wildman–Crippen LogP) is 2.11. The highest BCUT2D eigenvalue weighted by atomic mass is 32.2. The molecule has 0 N–H and O–H groups in total. The molecule has 1 amide bonds. The first-order valence-corrected chi connectivity index (χ1v) is 9.36. The summed E-state index contributed by atoms with van der Waals surface area (Å²) < 4.78 is 27.4. The Morgan fingerprint density at radius 2 is 1.96 bits per heavy atom. The van der Waals surface area contributed by atoms with Crippen molar-refractivity contribution in [3.05, 3.63) is 42.0 Å². The van der Waals surface area contributed by atoms with Crippen LogP contribution < -0.4 is 0 Å². The van der Waals surface area contributed by atoms with Gasteiger partial charge in [0.25, 0.3) is 5.91 Å². The van der Waals surface area contributed by atoms with E-state index in [1.54, 1.807) is 24.3 Å². The zero-order valence-electron chi connectivity index (χ0n) is 14.3. The molecule has 0 saturated heterocycles. The topological polar surface area (TPSA) is 66.9 Å². The molecule has 0 aliphatic heterocycles. The molecule has 24 heavy (non-hydrogen) atoms. The fraction of sp³-hybridized carbons (Fsp3) is 0.471. The minimum atomic E-state index is -3.78. The maximum absolute atomic E-state index is 13.1. The molecule has 0 bridgehead atoms. The smallest absolute Gasteiger partial charge is 0.261 e. The van der Waals surface area contributed by atoms with Crippen molar-refractivity contribution in [2.75, 3.05) is 20.7 Å². The number of carbonyl (C=O) groups is 1. The number of hydrogen-bond acceptors (Lipinski definition) is 4. The molecule has 1 aromatic carbocycles. The summed E-state index contributed by atoms with van der Waals surface area (Å²) in [7, 11) is -0.935. The van der Waals surface area contributed by atoms with Crippen LogP contribution in [0.15, 0.2) is 41.3 Å². The van der Waals surface area contributed by atoms with E-state index in [0.717, 1.165) is 23.5 Å². The molecule has 6 nitrogen and oxygen atoms in total. The number of rotatable bonds is 6. The summed E-state index contributed by atoms with van der Waals surface area (Å²) in [5, 5.41) is 1.05. The van der Waals surface area contributed by atoms with Crippen molar-refractivity contribution in [1.29, 1.82) is 0 Å². The lowest BCUT2D eigenvalue weighted by Crippen LogP contribution is -2.46. The van der Waals surface area contributed by atoms with Gasteiger partial charge >= 0.3 is 0 Å². The number of hydrogen-bond donors (Lipinski definition) is 0. The van der Waals surface area contributed by atoms with Crippen LogP contribution in [0.1, 0.15) is 24.8 Å². The van der Waals surface area contributed by atoms with E-state index in [1.807, 2.05) is 19.1 Å². The first-order valence-electron chi connectivity index (χ1n) is 7.92. The van der Waals surface area contributed by atoms with E-state index < -0.39 is 15.9 Å². The number of nitrogens with zero attached hydrogens (tertiary/aromatic N) is 2. The SMILES string of the molecule is CON(C)C(=O)CN(C1C=CCCC1)S(=O)(=O)c1ccc(C)cc1. The summed E-state index contributed by atoms with van der Waals surface area (Å²) in [5.41, 5.74) is 0.980. The minimum Gasteiger partial charge on any atom is -0.275 e. The van der Waals surface area contributed by atoms with Crippen LogP contribution >= 0.6 is 0 Å². The van der Waals surface area contributed by atoms with E-state index in [1.165, 1.54) is 18.5 Å². The second-order valence-corrected chi connectivity index (χ2v) is 7.75. The van der Waals surface area contributed by atoms with E-state index in [2.05, 4.69) is 0 Å². The van der Waals surface area contributed by atoms with Crippen LogP contribution in [0, 0.1) is 6.92 Å². The van der Waals surface area contributed by atoms with Crippen LogP contribution in [0.5, 0.6) is 0 Å². The van der Waals surface area contributed by atoms with E-state index in [-0.39, 0.29) is 17.5 Å². The summed E-state index contributed by atoms with van der Waals surface area (Å²) in [4.78, 5) is 17.3. The van der Waals surface area contributed by atoms with Crippen LogP contribution in [-0.4, -0.2) is 50.4 Å². The molecule has 0 aromatic heterocycles. The molecule has 1 aromatic rings. The second-order valence-electron chi connectivity index (χ2n) is 5.86. The van der Waals surface area contributed by atoms with Gasteiger partial charge in [0.15, 0.2) is 0 Å². The van der Waals surface area contributed by atoms with Gasteiger partial charge in [-0.3, -0.25) is 9.63 Å². The average Bonchev–Trinajstić information content (AvgIpc) is 2.59. The van der Waals surface area contributed by atoms with Gasteiger partial charge in [-0.05, 0) is 38.3 Å². The molecular formula is C17H24N2O4S. The summed E-state index contributed by atoms with van der Waals surface area (Å²) >= 11 is 0. The molecule has 7 heteroatoms. The minimum absolute atomic E-state index is 0.194. The number of likely N-dealkylation sites (N-methyl/N-ethyl adjacent to an activating group) is 1. The highest BCUT2D eigenvalue weighted by molar-refractivity contribution is 7.89. The molecule has 0 fully saturated rings. The summed E-state index contributed by atoms with van der Waals surface area (Å²) in [6.45, 7) is 1.64. The van der Waals surface area contributed by atoms with Crippen molar-refractivity contribution in [2.24, 2.45) is 0 Å². The van der Waals surface area contributed by atoms with Crippen molar-refractivity contribution in [1.82, 2.24) is 9.37 Å². The Balaban J connectivity index is 2.36. The highest BCUT2D eigenvalue weighted by Gasteiger charge is 2.33. The number of amides is 1. The van der Waals surface area contributed by atoms with Crippen molar-refractivity contribution in [3.63, 3.8) is 0 Å². The third-order valence-corrected chi connectivity index (χ3v) is 6.03. The van der Waals surface area contributed by atoms with Gasteiger partial charge in [0, 0.05) is 13.1 Å². The fourth-order valence-electron chi connectivity index (χ4n) is 2.60. The van der Waals surface area contributed by atoms with Crippen LogP contribution in [0.4, 0.5) is 0 Å². The van der Waals surface area contributed by atoms with Crippen molar-refractivity contribution < 1.29 is 18.0 Å². The molecular weight excluding hydrogens is 328 g/mol. The van der Waals surface area contributed by atoms with E-state index in [4.69, 9.17) is 4.84 Å². The first kappa shape index (κ1) is 18.6. The number of hydroxylamine groups is 2. The Kier molecular flexibility index (Phi) is 6.15. The highest BCUT2D eigenvalue weighted by Crippen LogP contribution is 2.24. The quantitative estimate of drug-likeness (QED) is 0.581. The van der Waals surface area contributed by atoms with Gasteiger partial charge in [0.1, 0.15) is 0 Å². The van der Waals surface area contributed by atoms with Crippen molar-refractivity contribution in [3.8, 4) is 0 Å². The number of carbonyl (C=O) groups excluding carboxylic acids is 1. The summed E-state index contributed by atoms with van der Waals surface area (Å²) in [5.74, 6) is -0.410. The van der Waals surface area contributed by atoms with Gasteiger partial charge in [-0.25, -0.2) is 13.5 Å². The van der Waals surface area contributed by atoms with Crippen LogP contribution in [0.3, 0.4) is 0 Å². The van der Waals surface area contributed by atoms with Crippen LogP contribution in [-0.2, 0) is 19.7 Å². The standard InChI is InChI=1S/C17H24N2O4S/c1-14-9-11-16(12-10-14)24(21,22)19(13-17(20)18(2)23-3)15-7-5-4-6-8-15/h5,7,9-12,15H,4,6,8,13H2,1-3H3. The maximum atomic E-state index is 13.1. The fourth-order valence-corrected chi connectivity index (χ4v) is 4.16. The molecule has 0 radical (unpaired) electrons. The lowest BCUT2D eigenvalue weighted by molar-refractivity contribution is -0.168. The predicted molar refractivity (Wildman–Crippen MR) is 91.6 cm³/mol. The third kappa shape index (κ3) is 4.23. The molecule has 1 atom stereocenters. The van der Waals surface area contributed by atoms with Crippen LogP contribution in [0.25, 0.3) is 0 Å². The van der Waals surface area contributed by atoms with Crippen molar-refractivity contribution >= 4 is 15.9 Å². The van der Waals surface area contributed by atoms with Crippen molar-refractivity contribution in [2.45, 2.75) is 37.1 Å². The zero-order chi connectivity index (χ0) is 17.7. The van der Waals surface area contributed by atoms with Crippen LogP contribution in [0.2, 0.25) is 0 Å². The largest absolute Gasteiger partial charge is 0.275 e. The number of aryl methyl sites for hydroxylation is 1. The second kappa shape index (κ2) is 7.92. The molecule has 0 heterocycles. The van der Waals surface area contributed by atoms with Gasteiger partial charge in [-0.15, -0.1) is 0 Å².